The van der Waals surface area contributed by atoms with Crippen LogP contribution in [0.4, 0.5) is 13.2 Å². The molecule has 2 unspecified atom stereocenters. The summed E-state index contributed by atoms with van der Waals surface area (Å²) in [4.78, 5) is 33.9. The molecule has 2 aliphatic rings. The normalized spacial score (nSPS) is 22.7. The van der Waals surface area contributed by atoms with Gasteiger partial charge in [0, 0.05) is 34.7 Å². The number of primary amides is 1. The lowest BCUT2D eigenvalue weighted by Crippen LogP contribution is -2.45. The van der Waals surface area contributed by atoms with Crippen LogP contribution in [-0.2, 0) is 9.59 Å². The van der Waals surface area contributed by atoms with Gasteiger partial charge in [0.2, 0.25) is 5.91 Å². The molecule has 33 heavy (non-hydrogen) atoms. The van der Waals surface area contributed by atoms with Crippen LogP contribution < -0.4 is 11.1 Å². The van der Waals surface area contributed by atoms with Crippen LogP contribution >= 0.6 is 27.3 Å². The number of thiazole rings is 1. The van der Waals surface area contributed by atoms with Gasteiger partial charge in [0.15, 0.2) is 10.8 Å². The highest BCUT2D eigenvalue weighted by atomic mass is 79.9. The van der Waals surface area contributed by atoms with Crippen LogP contribution in [0, 0.1) is 5.82 Å². The van der Waals surface area contributed by atoms with Crippen molar-refractivity contribution < 1.29 is 27.9 Å². The smallest absolute Gasteiger partial charge is 0.335 e. The molecule has 4 N–H and O–H groups in total. The largest absolute Gasteiger partial charge is 0.478 e. The van der Waals surface area contributed by atoms with E-state index in [-0.39, 0.29) is 28.1 Å². The summed E-state index contributed by atoms with van der Waals surface area (Å²) in [7, 11) is 0. The highest BCUT2D eigenvalue weighted by Crippen LogP contribution is 2.38. The number of hydrogen-bond donors (Lipinski definition) is 3. The number of nitrogens with one attached hydrogen (secondary N) is 1. The van der Waals surface area contributed by atoms with Crippen LogP contribution in [0.25, 0.3) is 0 Å². The first-order chi connectivity index (χ1) is 15.6. The minimum Gasteiger partial charge on any atom is -0.478 e. The number of amides is 1. The second-order valence-electron chi connectivity index (χ2n) is 7.59. The number of rotatable bonds is 6. The van der Waals surface area contributed by atoms with E-state index in [0.29, 0.717) is 10.6 Å². The third-order valence-corrected chi connectivity index (χ3v) is 6.77. The molecule has 1 aromatic heterocycles. The fourth-order valence-corrected chi connectivity index (χ4v) is 5.06. The maximum atomic E-state index is 14.1. The van der Waals surface area contributed by atoms with Gasteiger partial charge in [-0.2, -0.15) is 0 Å². The van der Waals surface area contributed by atoms with E-state index < -0.39 is 48.7 Å². The van der Waals surface area contributed by atoms with Gasteiger partial charge in [0.25, 0.3) is 5.92 Å². The number of alkyl halides is 2. The molecule has 0 spiro atoms. The number of benzene rings is 1. The average Bonchev–Trinajstić information content (AvgIpc) is 3.35. The average molecular weight is 544 g/mol. The number of aliphatic imine (C=N–C) groups is 1. The van der Waals surface area contributed by atoms with Crippen LogP contribution in [0.5, 0.6) is 0 Å². The van der Waals surface area contributed by atoms with Gasteiger partial charge >= 0.3 is 5.97 Å². The van der Waals surface area contributed by atoms with Gasteiger partial charge in [0.05, 0.1) is 18.2 Å². The summed E-state index contributed by atoms with van der Waals surface area (Å²) in [5.74, 6) is -5.72. The Kier molecular flexibility index (Phi) is 6.29. The summed E-state index contributed by atoms with van der Waals surface area (Å²) in [5.41, 5.74) is 5.53. The van der Waals surface area contributed by atoms with Gasteiger partial charge in [-0.15, -0.1) is 11.3 Å². The lowest BCUT2D eigenvalue weighted by Gasteiger charge is -2.30. The van der Waals surface area contributed by atoms with Crippen LogP contribution in [0.15, 0.2) is 50.5 Å². The van der Waals surface area contributed by atoms with Crippen LogP contribution in [0.2, 0.25) is 0 Å². The molecule has 1 aromatic carbocycles. The van der Waals surface area contributed by atoms with Crippen molar-refractivity contribution >= 4 is 45.0 Å². The van der Waals surface area contributed by atoms with E-state index in [0.717, 1.165) is 4.90 Å². The van der Waals surface area contributed by atoms with E-state index >= 15 is 0 Å². The molecule has 1 fully saturated rings. The number of carbonyl (C=O) groups is 2. The van der Waals surface area contributed by atoms with Crippen molar-refractivity contribution in [3.8, 4) is 0 Å². The molecule has 0 bridgehead atoms. The van der Waals surface area contributed by atoms with Crippen molar-refractivity contribution in [1.82, 2.24) is 15.2 Å². The quantitative estimate of drug-likeness (QED) is 0.515. The van der Waals surface area contributed by atoms with Crippen molar-refractivity contribution in [2.24, 2.45) is 10.7 Å². The van der Waals surface area contributed by atoms with Gasteiger partial charge in [-0.1, -0.05) is 22.0 Å². The number of carboxylic acid groups (broad SMARTS) is 1. The summed E-state index contributed by atoms with van der Waals surface area (Å²) in [6, 6.07) is 1.39. The van der Waals surface area contributed by atoms with Gasteiger partial charge in [-0.25, -0.2) is 22.9 Å². The molecule has 0 radical (unpaired) electrons. The molecule has 1 saturated heterocycles. The number of aliphatic carboxylic acids is 1. The predicted octanol–water partition coefficient (Wildman–Crippen LogP) is 2.67. The summed E-state index contributed by atoms with van der Waals surface area (Å²) < 4.78 is 42.1. The van der Waals surface area contributed by atoms with E-state index in [2.05, 4.69) is 31.2 Å². The number of aromatic nitrogens is 1. The molecule has 0 saturated carbocycles. The third kappa shape index (κ3) is 4.80. The Morgan fingerprint density at radius 1 is 1.39 bits per heavy atom. The zero-order valence-corrected chi connectivity index (χ0v) is 19.2. The van der Waals surface area contributed by atoms with Gasteiger partial charge < -0.3 is 16.2 Å². The molecule has 2 aliphatic heterocycles. The Morgan fingerprint density at radius 3 is 2.76 bits per heavy atom. The summed E-state index contributed by atoms with van der Waals surface area (Å²) >= 11 is 4.49. The number of halogens is 4. The maximum Gasteiger partial charge on any atom is 0.335 e. The van der Waals surface area contributed by atoms with Gasteiger partial charge in [-0.3, -0.25) is 14.7 Å². The molecule has 0 aliphatic carbocycles. The first kappa shape index (κ1) is 23.4. The maximum absolute atomic E-state index is 14.1. The standard InChI is InChI=1S/C20H17BrF3N5O3S/c21-11-5-9(22)1-2-10(11)15-14(19(31)32)12(27-17(28-15)18-26-3-4-33-18)7-29-8-20(23,24)6-13(29)16(25)30/h1-5,13,15H,6-8H2,(H2,25,30)(H,27,28)(H,31,32). The number of nitrogens with zero attached hydrogens (tertiary/aromatic N) is 3. The Balaban J connectivity index is 1.81. The Bertz CT molecular complexity index is 1170. The molecule has 4 rings (SSSR count). The molecule has 2 atom stereocenters. The monoisotopic (exact) mass is 543 g/mol. The zero-order valence-electron chi connectivity index (χ0n) is 16.8. The van der Waals surface area contributed by atoms with Crippen molar-refractivity contribution in [3.05, 3.63) is 61.9 Å². The second-order valence-corrected chi connectivity index (χ2v) is 9.34. The summed E-state index contributed by atoms with van der Waals surface area (Å²) in [5, 5.41) is 15.1. The number of carbonyl (C=O) groups excluding carboxylic acids is 1. The number of amidine groups is 1. The van der Waals surface area contributed by atoms with E-state index in [9.17, 15) is 27.9 Å². The number of carboxylic acids is 1. The predicted molar refractivity (Wildman–Crippen MR) is 117 cm³/mol. The molecular formula is C20H17BrF3N5O3S. The molecule has 174 valence electrons. The van der Waals surface area contributed by atoms with E-state index in [1.165, 1.54) is 35.7 Å². The lowest BCUT2D eigenvalue weighted by molar-refractivity contribution is -0.133. The minimum atomic E-state index is -3.15. The van der Waals surface area contributed by atoms with Crippen molar-refractivity contribution in [1.29, 1.82) is 0 Å². The molecule has 1 amide bonds. The van der Waals surface area contributed by atoms with Crippen LogP contribution in [0.1, 0.15) is 23.0 Å². The van der Waals surface area contributed by atoms with E-state index in [1.54, 1.807) is 5.38 Å². The molecular weight excluding hydrogens is 527 g/mol. The number of hydrogen-bond acceptors (Lipinski definition) is 7. The molecule has 3 heterocycles. The third-order valence-electron chi connectivity index (χ3n) is 5.31. The highest BCUT2D eigenvalue weighted by Gasteiger charge is 2.48. The topological polar surface area (TPSA) is 121 Å². The SMILES string of the molecule is NC(=O)C1CC(F)(F)CN1CC1=C(C(=O)O)C(c2ccc(F)cc2Br)N=C(c2nccs2)N1. The zero-order chi connectivity index (χ0) is 23.9. The Morgan fingerprint density at radius 2 is 2.15 bits per heavy atom. The molecule has 13 heteroatoms. The van der Waals surface area contributed by atoms with Crippen LogP contribution in [-0.4, -0.2) is 57.8 Å². The van der Waals surface area contributed by atoms with Crippen molar-refractivity contribution in [3.63, 3.8) is 0 Å². The van der Waals surface area contributed by atoms with Crippen LogP contribution in [0.3, 0.4) is 0 Å². The molecule has 2 aromatic rings. The number of nitrogens with two attached hydrogens (primary N) is 1. The minimum absolute atomic E-state index is 0.0628. The van der Waals surface area contributed by atoms with Crippen molar-refractivity contribution in [2.75, 3.05) is 13.1 Å². The highest BCUT2D eigenvalue weighted by molar-refractivity contribution is 9.10. The fraction of sp³-hybridized carbons (Fsp3) is 0.300. The summed E-state index contributed by atoms with van der Waals surface area (Å²) in [6.45, 7) is -1.07. The van der Waals surface area contributed by atoms with E-state index in [1.807, 2.05) is 0 Å². The van der Waals surface area contributed by atoms with Gasteiger partial charge in [-0.05, 0) is 17.7 Å². The fourth-order valence-electron chi connectivity index (χ4n) is 3.90. The molecule has 8 nitrogen and oxygen atoms in total. The van der Waals surface area contributed by atoms with Gasteiger partial charge in [0.1, 0.15) is 11.9 Å². The number of likely N-dealkylation sites (tertiary alicyclic amines) is 1. The first-order valence-corrected chi connectivity index (χ1v) is 11.3. The van der Waals surface area contributed by atoms with Crippen molar-refractivity contribution in [2.45, 2.75) is 24.4 Å². The Hall–Kier alpha value is -2.77. The second kappa shape index (κ2) is 8.88. The Labute approximate surface area is 198 Å². The summed E-state index contributed by atoms with van der Waals surface area (Å²) in [6.07, 6.45) is 0.783. The first-order valence-electron chi connectivity index (χ1n) is 9.63. The van der Waals surface area contributed by atoms with E-state index in [4.69, 9.17) is 5.73 Å². The lowest BCUT2D eigenvalue weighted by atomic mass is 9.95.